The molecule has 0 bridgehead atoms. The second-order valence-electron chi connectivity index (χ2n) is 3.32. The van der Waals surface area contributed by atoms with E-state index in [4.69, 9.17) is 5.26 Å². The normalized spacial score (nSPS) is 8.88. The third-order valence-corrected chi connectivity index (χ3v) is 2.11. The summed E-state index contributed by atoms with van der Waals surface area (Å²) in [6.07, 6.45) is 0. The zero-order chi connectivity index (χ0) is 11.9. The van der Waals surface area contributed by atoms with E-state index in [2.05, 4.69) is 22.1 Å². The molecule has 80 valence electrons. The molecule has 3 heteroatoms. The molecule has 0 radical (unpaired) electrons. The van der Waals surface area contributed by atoms with E-state index in [0.29, 0.717) is 5.56 Å². The first kappa shape index (κ1) is 10.8. The van der Waals surface area contributed by atoms with Crippen LogP contribution in [0.25, 0.3) is 0 Å². The van der Waals surface area contributed by atoms with Gasteiger partial charge in [0.25, 0.3) is 0 Å². The first-order chi connectivity index (χ1) is 8.38. The van der Waals surface area contributed by atoms with Gasteiger partial charge in [-0.1, -0.05) is 18.2 Å². The zero-order valence-electron chi connectivity index (χ0n) is 9.04. The smallest absolute Gasteiger partial charge is 0.100 e. The zero-order valence-corrected chi connectivity index (χ0v) is 9.04. The molecule has 0 saturated carbocycles. The van der Waals surface area contributed by atoms with Crippen LogP contribution >= 0.6 is 0 Å². The SMILES string of the molecule is N#Cc1ccc(N=C=Nc2ccccc2)cc1. The number of hydrogen-bond acceptors (Lipinski definition) is 3. The van der Waals surface area contributed by atoms with Crippen molar-refractivity contribution in [2.45, 2.75) is 0 Å². The summed E-state index contributed by atoms with van der Waals surface area (Å²) in [6.45, 7) is 0. The molecule has 0 N–H and O–H groups in total. The molecule has 2 aromatic carbocycles. The van der Waals surface area contributed by atoms with Crippen molar-refractivity contribution >= 4 is 17.4 Å². The molecule has 0 heterocycles. The van der Waals surface area contributed by atoms with Crippen molar-refractivity contribution in [3.8, 4) is 6.07 Å². The number of nitrogens with zero attached hydrogens (tertiary/aromatic N) is 3. The Morgan fingerprint density at radius 1 is 0.765 bits per heavy atom. The van der Waals surface area contributed by atoms with E-state index in [-0.39, 0.29) is 0 Å². The lowest BCUT2D eigenvalue weighted by molar-refractivity contribution is 1.46. The average Bonchev–Trinajstić information content (AvgIpc) is 2.41. The Kier molecular flexibility index (Phi) is 3.44. The van der Waals surface area contributed by atoms with E-state index in [9.17, 15) is 0 Å². The number of para-hydroxylation sites is 1. The van der Waals surface area contributed by atoms with Gasteiger partial charge < -0.3 is 0 Å². The van der Waals surface area contributed by atoms with Gasteiger partial charge in [0, 0.05) is 0 Å². The molecule has 0 atom stereocenters. The summed E-state index contributed by atoms with van der Waals surface area (Å²) in [5.74, 6) is 0. The molecule has 17 heavy (non-hydrogen) atoms. The van der Waals surface area contributed by atoms with Crippen LogP contribution in [0.2, 0.25) is 0 Å². The van der Waals surface area contributed by atoms with Gasteiger partial charge in [0.15, 0.2) is 0 Å². The first-order valence-electron chi connectivity index (χ1n) is 5.10. The summed E-state index contributed by atoms with van der Waals surface area (Å²) in [7, 11) is 0. The van der Waals surface area contributed by atoms with Crippen LogP contribution in [0.3, 0.4) is 0 Å². The van der Waals surface area contributed by atoms with Crippen molar-refractivity contribution in [2.75, 3.05) is 0 Å². The van der Waals surface area contributed by atoms with E-state index in [1.807, 2.05) is 30.3 Å². The highest BCUT2D eigenvalue weighted by molar-refractivity contribution is 5.58. The van der Waals surface area contributed by atoms with Gasteiger partial charge in [0.2, 0.25) is 0 Å². The molecule has 0 aliphatic carbocycles. The van der Waals surface area contributed by atoms with Crippen molar-refractivity contribution in [1.29, 1.82) is 5.26 Å². The van der Waals surface area contributed by atoms with Crippen LogP contribution in [-0.4, -0.2) is 6.01 Å². The minimum Gasteiger partial charge on any atom is -0.192 e. The highest BCUT2D eigenvalue weighted by Gasteiger charge is 1.89. The summed E-state index contributed by atoms with van der Waals surface area (Å²) in [5, 5.41) is 8.64. The quantitative estimate of drug-likeness (QED) is 0.710. The van der Waals surface area contributed by atoms with Crippen LogP contribution < -0.4 is 0 Å². The van der Waals surface area contributed by atoms with Gasteiger partial charge in [-0.3, -0.25) is 0 Å². The van der Waals surface area contributed by atoms with E-state index in [1.54, 1.807) is 24.3 Å². The lowest BCUT2D eigenvalue weighted by Gasteiger charge is -1.89. The van der Waals surface area contributed by atoms with Gasteiger partial charge in [-0.15, -0.1) is 0 Å². The van der Waals surface area contributed by atoms with Crippen LogP contribution in [0.5, 0.6) is 0 Å². The van der Waals surface area contributed by atoms with Crippen LogP contribution in [-0.2, 0) is 0 Å². The van der Waals surface area contributed by atoms with Gasteiger partial charge in [0.1, 0.15) is 6.01 Å². The topological polar surface area (TPSA) is 48.5 Å². The fraction of sp³-hybridized carbons (Fsp3) is 0. The van der Waals surface area contributed by atoms with E-state index < -0.39 is 0 Å². The fourth-order valence-corrected chi connectivity index (χ4v) is 1.25. The van der Waals surface area contributed by atoms with Crippen molar-refractivity contribution in [3.63, 3.8) is 0 Å². The maximum absolute atomic E-state index is 8.64. The largest absolute Gasteiger partial charge is 0.192 e. The van der Waals surface area contributed by atoms with Crippen LogP contribution in [0, 0.1) is 11.3 Å². The molecule has 0 unspecified atom stereocenters. The van der Waals surface area contributed by atoms with Gasteiger partial charge in [0.05, 0.1) is 23.0 Å². The standard InChI is InChI=1S/C14H9N3/c15-10-12-6-8-14(9-7-12)17-11-16-13-4-2-1-3-5-13/h1-9H. The number of nitriles is 1. The molecule has 2 aromatic rings. The second-order valence-corrected chi connectivity index (χ2v) is 3.32. The Bertz CT molecular complexity index is 586. The third-order valence-electron chi connectivity index (χ3n) is 2.11. The Morgan fingerprint density at radius 3 is 1.94 bits per heavy atom. The molecule has 0 spiro atoms. The third kappa shape index (κ3) is 3.13. The Balaban J connectivity index is 2.15. The number of hydrogen-bond donors (Lipinski definition) is 0. The maximum Gasteiger partial charge on any atom is 0.100 e. The fourth-order valence-electron chi connectivity index (χ4n) is 1.25. The minimum absolute atomic E-state index is 0.615. The van der Waals surface area contributed by atoms with Crippen LogP contribution in [0.1, 0.15) is 5.56 Å². The Labute approximate surface area is 99.4 Å². The van der Waals surface area contributed by atoms with E-state index in [0.717, 1.165) is 11.4 Å². The molecule has 0 fully saturated rings. The summed E-state index contributed by atoms with van der Waals surface area (Å²) in [5.41, 5.74) is 2.15. The van der Waals surface area contributed by atoms with Crippen molar-refractivity contribution < 1.29 is 0 Å². The van der Waals surface area contributed by atoms with Gasteiger partial charge in [-0.25, -0.2) is 0 Å². The van der Waals surface area contributed by atoms with E-state index >= 15 is 0 Å². The first-order valence-corrected chi connectivity index (χ1v) is 5.10. The number of benzene rings is 2. The summed E-state index contributed by atoms with van der Waals surface area (Å²) < 4.78 is 0. The Hall–Kier alpha value is -2.69. The number of rotatable bonds is 2. The second kappa shape index (κ2) is 5.41. The maximum atomic E-state index is 8.64. The molecule has 3 nitrogen and oxygen atoms in total. The summed E-state index contributed by atoms with van der Waals surface area (Å²) in [6, 6.07) is 21.1. The summed E-state index contributed by atoms with van der Waals surface area (Å²) >= 11 is 0. The molecular weight excluding hydrogens is 210 g/mol. The minimum atomic E-state index is 0.615. The molecule has 0 amide bonds. The predicted molar refractivity (Wildman–Crippen MR) is 66.8 cm³/mol. The van der Waals surface area contributed by atoms with Crippen molar-refractivity contribution in [1.82, 2.24) is 0 Å². The van der Waals surface area contributed by atoms with Crippen LogP contribution in [0.15, 0.2) is 64.6 Å². The van der Waals surface area contributed by atoms with Gasteiger partial charge >= 0.3 is 0 Å². The monoisotopic (exact) mass is 219 g/mol. The molecular formula is C14H9N3. The van der Waals surface area contributed by atoms with Crippen LogP contribution in [0.4, 0.5) is 11.4 Å². The number of aliphatic imine (C=N–C) groups is 2. The molecule has 0 saturated heterocycles. The lowest BCUT2D eigenvalue weighted by atomic mass is 10.2. The average molecular weight is 219 g/mol. The van der Waals surface area contributed by atoms with Gasteiger partial charge in [-0.2, -0.15) is 15.2 Å². The molecule has 0 aliphatic heterocycles. The summed E-state index contributed by atoms with van der Waals surface area (Å²) in [4.78, 5) is 8.11. The van der Waals surface area contributed by atoms with Gasteiger partial charge in [-0.05, 0) is 36.4 Å². The van der Waals surface area contributed by atoms with Crippen molar-refractivity contribution in [3.05, 3.63) is 60.2 Å². The molecule has 0 aromatic heterocycles. The highest BCUT2D eigenvalue weighted by Crippen LogP contribution is 2.12. The van der Waals surface area contributed by atoms with Crippen molar-refractivity contribution in [2.24, 2.45) is 9.98 Å². The van der Waals surface area contributed by atoms with E-state index in [1.165, 1.54) is 0 Å². The Morgan fingerprint density at radius 2 is 1.35 bits per heavy atom. The molecule has 2 rings (SSSR count). The molecule has 0 aliphatic rings. The lowest BCUT2D eigenvalue weighted by Crippen LogP contribution is -1.70. The predicted octanol–water partition coefficient (Wildman–Crippen LogP) is 3.70. The highest BCUT2D eigenvalue weighted by atomic mass is 14.8.